The van der Waals surface area contributed by atoms with Crippen LogP contribution in [0.25, 0.3) is 0 Å². The fourth-order valence-corrected chi connectivity index (χ4v) is 4.64. The molecule has 3 atom stereocenters. The van der Waals surface area contributed by atoms with Gasteiger partial charge in [-0.05, 0) is 39.0 Å². The largest absolute Gasteiger partial charge is 0.394 e. The van der Waals surface area contributed by atoms with Gasteiger partial charge in [0.05, 0.1) is 12.1 Å². The molecule has 1 aromatic rings. The molecule has 1 aliphatic rings. The van der Waals surface area contributed by atoms with E-state index in [4.69, 9.17) is 5.73 Å². The lowest BCUT2D eigenvalue weighted by Crippen LogP contribution is -2.57. The van der Waals surface area contributed by atoms with Crippen molar-refractivity contribution in [1.29, 1.82) is 0 Å². The van der Waals surface area contributed by atoms with Crippen LogP contribution in [-0.2, 0) is 14.4 Å². The van der Waals surface area contributed by atoms with Gasteiger partial charge >= 0.3 is 0 Å². The smallest absolute Gasteiger partial charge is 0.240 e. The van der Waals surface area contributed by atoms with Crippen molar-refractivity contribution in [2.45, 2.75) is 63.7 Å². The molecule has 184 valence electrons. The third-order valence-electron chi connectivity index (χ3n) is 5.27. The molecule has 1 heterocycles. The molecule has 0 spiro atoms. The number of benzene rings is 1. The number of thioether (sulfide) groups is 1. The van der Waals surface area contributed by atoms with Gasteiger partial charge in [0, 0.05) is 29.9 Å². The topological polar surface area (TPSA) is 137 Å². The molecular weight excluding hydrogens is 442 g/mol. The first-order chi connectivity index (χ1) is 15.3. The van der Waals surface area contributed by atoms with Gasteiger partial charge < -0.3 is 31.7 Å². The average Bonchev–Trinajstić information content (AvgIpc) is 3.06. The maximum Gasteiger partial charge on any atom is 0.240 e. The highest BCUT2D eigenvalue weighted by Gasteiger charge is 2.44. The molecule has 1 unspecified atom stereocenters. The summed E-state index contributed by atoms with van der Waals surface area (Å²) < 4.78 is 0. The molecule has 9 nitrogen and oxygen atoms in total. The van der Waals surface area contributed by atoms with Crippen LogP contribution in [0.5, 0.6) is 0 Å². The fourth-order valence-electron chi connectivity index (χ4n) is 3.18. The number of aliphatic hydroxyl groups excluding tert-OH is 1. The Hall–Kier alpha value is -2.30. The van der Waals surface area contributed by atoms with Gasteiger partial charge in [-0.2, -0.15) is 0 Å². The van der Waals surface area contributed by atoms with E-state index in [2.05, 4.69) is 16.0 Å². The third-order valence-corrected chi connectivity index (χ3v) is 6.79. The number of anilines is 2. The highest BCUT2D eigenvalue weighted by Crippen LogP contribution is 2.33. The standard InChI is InChI=1S/C23H37N5O4S/c1-7-28-19(31)16(33-20(28)17(24)18(30)27-23(5,6)13-29)12-25-14-9-8-10-15(11-14)26-21(32)22(2,3)4/h8-11,16-17,20,25,29H,7,12-13,24H2,1-6H3,(H,26,32)(H,27,30)/t16-,17-,20?/m1/s1. The molecule has 0 aliphatic carbocycles. The van der Waals surface area contributed by atoms with Crippen molar-refractivity contribution in [3.05, 3.63) is 24.3 Å². The molecule has 33 heavy (non-hydrogen) atoms. The Kier molecular flexibility index (Phi) is 8.78. The Morgan fingerprint density at radius 3 is 2.42 bits per heavy atom. The number of carbonyl (C=O) groups excluding carboxylic acids is 3. The van der Waals surface area contributed by atoms with Gasteiger partial charge in [0.1, 0.15) is 16.7 Å². The quantitative estimate of drug-likeness (QED) is 0.363. The fraction of sp³-hybridized carbons (Fsp3) is 0.609. The maximum absolute atomic E-state index is 12.9. The lowest BCUT2D eigenvalue weighted by atomic mass is 9.95. The third kappa shape index (κ3) is 7.09. The molecule has 10 heteroatoms. The normalized spacial score (nSPS) is 19.9. The summed E-state index contributed by atoms with van der Waals surface area (Å²) in [5.74, 6) is -0.574. The van der Waals surface area contributed by atoms with Crippen LogP contribution in [0.3, 0.4) is 0 Å². The van der Waals surface area contributed by atoms with E-state index in [1.807, 2.05) is 52.0 Å². The van der Waals surface area contributed by atoms with Crippen molar-refractivity contribution >= 4 is 40.9 Å². The Labute approximate surface area is 200 Å². The predicted octanol–water partition coefficient (Wildman–Crippen LogP) is 1.59. The Morgan fingerprint density at radius 2 is 1.85 bits per heavy atom. The van der Waals surface area contributed by atoms with Crippen molar-refractivity contribution in [2.24, 2.45) is 11.1 Å². The van der Waals surface area contributed by atoms with E-state index < -0.39 is 33.5 Å². The minimum absolute atomic E-state index is 0.0816. The summed E-state index contributed by atoms with van der Waals surface area (Å²) >= 11 is 1.35. The Bertz CT molecular complexity index is 871. The first-order valence-electron chi connectivity index (χ1n) is 11.1. The first kappa shape index (κ1) is 26.9. The van der Waals surface area contributed by atoms with Crippen molar-refractivity contribution in [2.75, 3.05) is 30.3 Å². The summed E-state index contributed by atoms with van der Waals surface area (Å²) in [6.45, 7) is 11.4. The summed E-state index contributed by atoms with van der Waals surface area (Å²) in [6.07, 6.45) is 0. The molecule has 2 rings (SSSR count). The van der Waals surface area contributed by atoms with Crippen LogP contribution in [0.4, 0.5) is 11.4 Å². The number of amides is 3. The summed E-state index contributed by atoms with van der Waals surface area (Å²) in [5, 5.41) is 17.4. The zero-order valence-corrected chi connectivity index (χ0v) is 21.1. The summed E-state index contributed by atoms with van der Waals surface area (Å²) in [7, 11) is 0. The monoisotopic (exact) mass is 479 g/mol. The van der Waals surface area contributed by atoms with E-state index in [0.29, 0.717) is 18.8 Å². The second-order valence-electron chi connectivity index (χ2n) is 9.86. The van der Waals surface area contributed by atoms with Crippen LogP contribution in [-0.4, -0.2) is 69.6 Å². The summed E-state index contributed by atoms with van der Waals surface area (Å²) in [6, 6.07) is 6.39. The zero-order valence-electron chi connectivity index (χ0n) is 20.3. The van der Waals surface area contributed by atoms with Crippen LogP contribution in [0.2, 0.25) is 0 Å². The van der Waals surface area contributed by atoms with Crippen molar-refractivity contribution in [1.82, 2.24) is 10.2 Å². The lowest BCUT2D eigenvalue weighted by Gasteiger charge is -2.30. The number of aliphatic hydroxyl groups is 1. The van der Waals surface area contributed by atoms with Gasteiger partial charge in [-0.1, -0.05) is 26.8 Å². The number of rotatable bonds is 9. The minimum Gasteiger partial charge on any atom is -0.394 e. The van der Waals surface area contributed by atoms with Crippen LogP contribution in [0.15, 0.2) is 24.3 Å². The lowest BCUT2D eigenvalue weighted by molar-refractivity contribution is -0.131. The average molecular weight is 480 g/mol. The van der Waals surface area contributed by atoms with E-state index in [1.165, 1.54) is 11.8 Å². The van der Waals surface area contributed by atoms with E-state index in [0.717, 1.165) is 5.69 Å². The van der Waals surface area contributed by atoms with Gasteiger partial charge in [-0.3, -0.25) is 14.4 Å². The second kappa shape index (κ2) is 10.8. The van der Waals surface area contributed by atoms with Crippen molar-refractivity contribution in [3.8, 4) is 0 Å². The molecule has 0 bridgehead atoms. The molecule has 1 fully saturated rings. The minimum atomic E-state index is -0.925. The number of nitrogens with zero attached hydrogens (tertiary/aromatic N) is 1. The Balaban J connectivity index is 2.03. The number of carbonyl (C=O) groups is 3. The highest BCUT2D eigenvalue weighted by atomic mass is 32.2. The second-order valence-corrected chi connectivity index (χ2v) is 11.2. The molecule has 0 aromatic heterocycles. The van der Waals surface area contributed by atoms with Gasteiger partial charge in [-0.25, -0.2) is 0 Å². The van der Waals surface area contributed by atoms with Crippen LogP contribution in [0.1, 0.15) is 41.5 Å². The zero-order chi connectivity index (χ0) is 25.0. The number of hydrogen-bond acceptors (Lipinski definition) is 7. The first-order valence-corrected chi connectivity index (χ1v) is 12.0. The molecular formula is C23H37N5O4S. The van der Waals surface area contributed by atoms with E-state index in [1.54, 1.807) is 18.7 Å². The number of nitrogens with one attached hydrogen (secondary N) is 3. The summed E-state index contributed by atoms with van der Waals surface area (Å²) in [5.41, 5.74) is 6.35. The van der Waals surface area contributed by atoms with Crippen molar-refractivity contribution < 1.29 is 19.5 Å². The summed E-state index contributed by atoms with van der Waals surface area (Å²) in [4.78, 5) is 39.4. The number of nitrogens with two attached hydrogens (primary N) is 1. The predicted molar refractivity (Wildman–Crippen MR) is 133 cm³/mol. The van der Waals surface area contributed by atoms with Crippen LogP contribution < -0.4 is 21.7 Å². The van der Waals surface area contributed by atoms with Gasteiger partial charge in [-0.15, -0.1) is 11.8 Å². The molecule has 0 saturated carbocycles. The van der Waals surface area contributed by atoms with Gasteiger partial charge in [0.2, 0.25) is 17.7 Å². The number of hydrogen-bond donors (Lipinski definition) is 5. The molecule has 3 amide bonds. The molecule has 1 aliphatic heterocycles. The van der Waals surface area contributed by atoms with Crippen molar-refractivity contribution in [3.63, 3.8) is 0 Å². The van der Waals surface area contributed by atoms with Crippen LogP contribution in [0, 0.1) is 5.41 Å². The van der Waals surface area contributed by atoms with Gasteiger partial charge in [0.25, 0.3) is 0 Å². The number of likely N-dealkylation sites (N-methyl/N-ethyl adjacent to an activating group) is 1. The highest BCUT2D eigenvalue weighted by molar-refractivity contribution is 8.01. The van der Waals surface area contributed by atoms with E-state index >= 15 is 0 Å². The van der Waals surface area contributed by atoms with E-state index in [-0.39, 0.29) is 18.4 Å². The molecule has 1 aromatic carbocycles. The van der Waals surface area contributed by atoms with Gasteiger partial charge in [0.15, 0.2) is 0 Å². The molecule has 1 saturated heterocycles. The maximum atomic E-state index is 12.9. The van der Waals surface area contributed by atoms with Crippen LogP contribution >= 0.6 is 11.8 Å². The van der Waals surface area contributed by atoms with E-state index in [9.17, 15) is 19.5 Å². The SMILES string of the molecule is CCN1C(=O)[C@@H](CNc2cccc(NC(=O)C(C)(C)C)c2)SC1[C@H](N)C(=O)NC(C)(C)CO. The molecule has 0 radical (unpaired) electrons. The Morgan fingerprint density at radius 1 is 1.21 bits per heavy atom. The molecule has 6 N–H and O–H groups in total.